The van der Waals surface area contributed by atoms with Gasteiger partial charge >= 0.3 is 5.97 Å². The highest BCUT2D eigenvalue weighted by atomic mass is 32.1. The minimum Gasteiger partial charge on any atom is -0.484 e. The minimum atomic E-state index is -1.15. The Hall–Kier alpha value is -3.72. The van der Waals surface area contributed by atoms with Gasteiger partial charge in [0.25, 0.3) is 5.91 Å². The average molecular weight is 440 g/mol. The number of ether oxygens (including phenoxy) is 1. The van der Waals surface area contributed by atoms with Crippen LogP contribution in [-0.4, -0.2) is 29.5 Å². The van der Waals surface area contributed by atoms with E-state index in [-0.39, 0.29) is 29.7 Å². The van der Waals surface area contributed by atoms with E-state index in [1.54, 1.807) is 30.3 Å². The molecule has 9 heteroatoms. The molecule has 0 saturated heterocycles. The second kappa shape index (κ2) is 8.19. The van der Waals surface area contributed by atoms with E-state index < -0.39 is 17.7 Å². The summed E-state index contributed by atoms with van der Waals surface area (Å²) in [6.45, 7) is -0.251. The smallest absolute Gasteiger partial charge is 0.346 e. The first-order valence-electron chi connectivity index (χ1n) is 9.30. The normalized spacial score (nSPS) is 15.1. The van der Waals surface area contributed by atoms with Gasteiger partial charge in [0.15, 0.2) is 6.61 Å². The Balaban J connectivity index is 1.78. The van der Waals surface area contributed by atoms with Gasteiger partial charge in [0.05, 0.1) is 5.69 Å². The zero-order valence-corrected chi connectivity index (χ0v) is 16.9. The maximum Gasteiger partial charge on any atom is 0.346 e. The SMILES string of the molecule is NC(=O)COc1ccc([C@H]2CC(=O)Nc3c2sc(C(=O)O)c3-c2cccc(F)c2)cc1. The quantitative estimate of drug-likeness (QED) is 0.541. The minimum absolute atomic E-state index is 0.0317. The van der Waals surface area contributed by atoms with Crippen LogP contribution in [0.2, 0.25) is 0 Å². The third-order valence-corrected chi connectivity index (χ3v) is 6.17. The van der Waals surface area contributed by atoms with E-state index in [2.05, 4.69) is 5.32 Å². The first-order valence-corrected chi connectivity index (χ1v) is 10.1. The molecule has 0 saturated carbocycles. The van der Waals surface area contributed by atoms with Crippen molar-refractivity contribution in [1.29, 1.82) is 0 Å². The van der Waals surface area contributed by atoms with Crippen molar-refractivity contribution in [1.82, 2.24) is 0 Å². The van der Waals surface area contributed by atoms with Crippen molar-refractivity contribution in [3.05, 3.63) is 69.7 Å². The van der Waals surface area contributed by atoms with Crippen molar-refractivity contribution < 1.29 is 28.6 Å². The molecule has 2 aromatic carbocycles. The molecule has 158 valence electrons. The van der Waals surface area contributed by atoms with Crippen molar-refractivity contribution in [3.8, 4) is 16.9 Å². The molecule has 0 fully saturated rings. The van der Waals surface area contributed by atoms with Crippen LogP contribution in [0, 0.1) is 5.82 Å². The van der Waals surface area contributed by atoms with Gasteiger partial charge in [0, 0.05) is 22.8 Å². The molecule has 1 aliphatic heterocycles. The first kappa shape index (κ1) is 20.5. The van der Waals surface area contributed by atoms with Crippen molar-refractivity contribution in [2.45, 2.75) is 12.3 Å². The van der Waals surface area contributed by atoms with Gasteiger partial charge in [0.1, 0.15) is 16.4 Å². The molecular weight excluding hydrogens is 423 g/mol. The molecule has 7 nitrogen and oxygen atoms in total. The first-order chi connectivity index (χ1) is 14.8. The molecular formula is C22H17FN2O5S. The Morgan fingerprint density at radius 3 is 2.61 bits per heavy atom. The lowest BCUT2D eigenvalue weighted by molar-refractivity contribution is -0.120. The van der Waals surface area contributed by atoms with Crippen LogP contribution in [0.4, 0.5) is 10.1 Å². The van der Waals surface area contributed by atoms with Crippen LogP contribution in [0.1, 0.15) is 32.5 Å². The Kier molecular flexibility index (Phi) is 5.43. The third kappa shape index (κ3) is 4.13. The molecule has 4 rings (SSSR count). The Labute approximate surface area is 180 Å². The summed E-state index contributed by atoms with van der Waals surface area (Å²) in [7, 11) is 0. The largest absolute Gasteiger partial charge is 0.484 e. The van der Waals surface area contributed by atoms with E-state index in [4.69, 9.17) is 10.5 Å². The fourth-order valence-corrected chi connectivity index (χ4v) is 4.82. The van der Waals surface area contributed by atoms with Crippen LogP contribution in [0.3, 0.4) is 0 Å². The number of carboxylic acid groups (broad SMARTS) is 1. The fraction of sp³-hybridized carbons (Fsp3) is 0.136. The van der Waals surface area contributed by atoms with Gasteiger partial charge in [-0.2, -0.15) is 0 Å². The molecule has 31 heavy (non-hydrogen) atoms. The number of benzene rings is 2. The molecule has 1 aromatic heterocycles. The molecule has 0 bridgehead atoms. The van der Waals surface area contributed by atoms with Gasteiger partial charge in [-0.05, 0) is 35.4 Å². The summed E-state index contributed by atoms with van der Waals surface area (Å²) in [5.41, 5.74) is 6.93. The van der Waals surface area contributed by atoms with Crippen LogP contribution < -0.4 is 15.8 Å². The van der Waals surface area contributed by atoms with Gasteiger partial charge in [0.2, 0.25) is 5.91 Å². The average Bonchev–Trinajstić information content (AvgIpc) is 3.11. The molecule has 4 N–H and O–H groups in total. The Bertz CT molecular complexity index is 1190. The Morgan fingerprint density at radius 2 is 1.97 bits per heavy atom. The topological polar surface area (TPSA) is 119 Å². The molecule has 3 aromatic rings. The summed E-state index contributed by atoms with van der Waals surface area (Å²) >= 11 is 1.06. The number of carboxylic acids is 1. The summed E-state index contributed by atoms with van der Waals surface area (Å²) in [6.07, 6.45) is 0.136. The number of carbonyl (C=O) groups excluding carboxylic acids is 2. The van der Waals surface area contributed by atoms with Crippen molar-refractivity contribution in [2.24, 2.45) is 5.73 Å². The van der Waals surface area contributed by atoms with E-state index in [0.29, 0.717) is 27.4 Å². The third-order valence-electron chi connectivity index (χ3n) is 4.88. The van der Waals surface area contributed by atoms with E-state index in [1.807, 2.05) is 0 Å². The number of halogens is 1. The number of hydrogen-bond acceptors (Lipinski definition) is 5. The zero-order chi connectivity index (χ0) is 22.1. The summed E-state index contributed by atoms with van der Waals surface area (Å²) < 4.78 is 19.1. The molecule has 0 aliphatic carbocycles. The number of thiophene rings is 1. The molecule has 2 amide bonds. The number of primary amides is 1. The van der Waals surface area contributed by atoms with E-state index in [0.717, 1.165) is 16.9 Å². The number of hydrogen-bond donors (Lipinski definition) is 3. The molecule has 1 atom stereocenters. The highest BCUT2D eigenvalue weighted by Gasteiger charge is 2.34. The predicted octanol–water partition coefficient (Wildman–Crippen LogP) is 3.59. The number of nitrogens with two attached hydrogens (primary N) is 1. The number of aromatic carboxylic acids is 1. The molecule has 0 spiro atoms. The van der Waals surface area contributed by atoms with Crippen molar-refractivity contribution in [2.75, 3.05) is 11.9 Å². The lowest BCUT2D eigenvalue weighted by Gasteiger charge is -2.24. The number of amides is 2. The van der Waals surface area contributed by atoms with E-state index in [9.17, 15) is 23.9 Å². The number of anilines is 1. The second-order valence-electron chi connectivity index (χ2n) is 6.99. The van der Waals surface area contributed by atoms with Gasteiger partial charge in [-0.1, -0.05) is 24.3 Å². The number of nitrogens with one attached hydrogen (secondary N) is 1. The highest BCUT2D eigenvalue weighted by molar-refractivity contribution is 7.15. The predicted molar refractivity (Wildman–Crippen MR) is 113 cm³/mol. The van der Waals surface area contributed by atoms with Crippen molar-refractivity contribution >= 4 is 34.8 Å². The van der Waals surface area contributed by atoms with Gasteiger partial charge in [-0.25, -0.2) is 9.18 Å². The lowest BCUT2D eigenvalue weighted by atomic mass is 9.88. The van der Waals surface area contributed by atoms with Gasteiger partial charge < -0.3 is 20.9 Å². The molecule has 0 radical (unpaired) electrons. The lowest BCUT2D eigenvalue weighted by Crippen LogP contribution is -2.22. The highest BCUT2D eigenvalue weighted by Crippen LogP contribution is 2.49. The number of rotatable bonds is 6. The van der Waals surface area contributed by atoms with Gasteiger partial charge in [-0.15, -0.1) is 11.3 Å². The number of carbonyl (C=O) groups is 3. The van der Waals surface area contributed by atoms with E-state index >= 15 is 0 Å². The summed E-state index contributed by atoms with van der Waals surface area (Å²) in [4.78, 5) is 36.0. The second-order valence-corrected chi connectivity index (χ2v) is 8.04. The standard InChI is InChI=1S/C22H17FN2O5S/c23-13-3-1-2-12(8-13)18-19-20(31-21(18)22(28)29)15(9-17(27)25-19)11-4-6-14(7-5-11)30-10-16(24)26/h1-8,15H,9-10H2,(H2,24,26)(H,25,27)(H,28,29)/t15-/m1/s1. The van der Waals surface area contributed by atoms with E-state index in [1.165, 1.54) is 18.2 Å². The van der Waals surface area contributed by atoms with Crippen LogP contribution >= 0.6 is 11.3 Å². The summed E-state index contributed by atoms with van der Waals surface area (Å²) in [5, 5.41) is 12.5. The van der Waals surface area contributed by atoms with Crippen molar-refractivity contribution in [3.63, 3.8) is 0 Å². The number of fused-ring (bicyclic) bond motifs is 1. The zero-order valence-electron chi connectivity index (χ0n) is 16.1. The van der Waals surface area contributed by atoms with Crippen LogP contribution in [0.5, 0.6) is 5.75 Å². The van der Waals surface area contributed by atoms with Crippen LogP contribution in [-0.2, 0) is 9.59 Å². The summed E-state index contributed by atoms with van der Waals surface area (Å²) in [6, 6.07) is 12.4. The summed E-state index contributed by atoms with van der Waals surface area (Å²) in [5.74, 6) is -2.44. The Morgan fingerprint density at radius 1 is 1.23 bits per heavy atom. The molecule has 0 unspecified atom stereocenters. The maximum absolute atomic E-state index is 13.8. The fourth-order valence-electron chi connectivity index (χ4n) is 3.58. The molecule has 2 heterocycles. The maximum atomic E-state index is 13.8. The monoisotopic (exact) mass is 440 g/mol. The molecule has 1 aliphatic rings. The van der Waals surface area contributed by atoms with Crippen LogP contribution in [0.15, 0.2) is 48.5 Å². The van der Waals surface area contributed by atoms with Crippen LogP contribution in [0.25, 0.3) is 11.1 Å². The van der Waals surface area contributed by atoms with Gasteiger partial charge in [-0.3, -0.25) is 9.59 Å².